The third-order valence-electron chi connectivity index (χ3n) is 5.85. The number of rotatable bonds is 5. The molecule has 0 aromatic heterocycles. The van der Waals surface area contributed by atoms with E-state index in [1.54, 1.807) is 4.90 Å². The normalized spacial score (nSPS) is 20.4. The van der Waals surface area contributed by atoms with Crippen LogP contribution < -0.4 is 10.1 Å². The zero-order valence-corrected chi connectivity index (χ0v) is 18.4. The molecule has 1 atom stereocenters. The van der Waals surface area contributed by atoms with Gasteiger partial charge in [-0.05, 0) is 52.7 Å². The van der Waals surface area contributed by atoms with Crippen LogP contribution in [0.15, 0.2) is 24.3 Å². The molecule has 30 heavy (non-hydrogen) atoms. The van der Waals surface area contributed by atoms with Crippen molar-refractivity contribution >= 4 is 17.7 Å². The summed E-state index contributed by atoms with van der Waals surface area (Å²) in [7, 11) is 0. The highest BCUT2D eigenvalue weighted by atomic mass is 16.5. The molecular formula is C23H33N3O4. The molecule has 0 radical (unpaired) electrons. The molecule has 1 aromatic rings. The fourth-order valence-corrected chi connectivity index (χ4v) is 4.08. The highest BCUT2D eigenvalue weighted by Crippen LogP contribution is 2.28. The van der Waals surface area contributed by atoms with Crippen molar-refractivity contribution < 1.29 is 19.1 Å². The maximum atomic E-state index is 12.9. The highest BCUT2D eigenvalue weighted by molar-refractivity contribution is 5.89. The minimum Gasteiger partial charge on any atom is -0.484 e. The number of ether oxygens (including phenoxy) is 1. The Morgan fingerprint density at radius 1 is 1.13 bits per heavy atom. The molecule has 0 saturated carbocycles. The Kier molecular flexibility index (Phi) is 6.68. The first-order valence-electron chi connectivity index (χ1n) is 10.7. The van der Waals surface area contributed by atoms with Crippen LogP contribution in [0.4, 0.5) is 0 Å². The van der Waals surface area contributed by atoms with E-state index in [2.05, 4.69) is 5.32 Å². The highest BCUT2D eigenvalue weighted by Gasteiger charge is 2.41. The number of amides is 3. The molecule has 2 aliphatic rings. The maximum absolute atomic E-state index is 12.9. The Hall–Kier alpha value is -2.57. The summed E-state index contributed by atoms with van der Waals surface area (Å²) in [6, 6.07) is 7.62. The molecule has 2 aliphatic heterocycles. The Labute approximate surface area is 178 Å². The monoisotopic (exact) mass is 415 g/mol. The molecular weight excluding hydrogens is 382 g/mol. The Morgan fingerprint density at radius 2 is 1.77 bits per heavy atom. The molecule has 2 saturated heterocycles. The second kappa shape index (κ2) is 9.06. The van der Waals surface area contributed by atoms with Gasteiger partial charge in [0.1, 0.15) is 5.75 Å². The number of likely N-dealkylation sites (tertiary alicyclic amines) is 2. The minimum atomic E-state index is -0.260. The number of benzene rings is 1. The lowest BCUT2D eigenvalue weighted by atomic mass is 10.0. The topological polar surface area (TPSA) is 79.0 Å². The number of hydrogen-bond donors (Lipinski definition) is 1. The number of aryl methyl sites for hydroxylation is 1. The molecule has 3 rings (SSSR count). The number of nitrogens with one attached hydrogen (secondary N) is 1. The number of nitrogens with zero attached hydrogens (tertiary/aromatic N) is 2. The molecule has 7 heteroatoms. The molecule has 3 amide bonds. The van der Waals surface area contributed by atoms with Gasteiger partial charge >= 0.3 is 0 Å². The van der Waals surface area contributed by atoms with E-state index in [4.69, 9.17) is 4.74 Å². The van der Waals surface area contributed by atoms with E-state index < -0.39 is 0 Å². The zero-order chi connectivity index (χ0) is 21.9. The molecule has 1 N–H and O–H groups in total. The Morgan fingerprint density at radius 3 is 2.33 bits per heavy atom. The first-order valence-corrected chi connectivity index (χ1v) is 10.7. The van der Waals surface area contributed by atoms with Crippen LogP contribution in [-0.2, 0) is 14.4 Å². The summed E-state index contributed by atoms with van der Waals surface area (Å²) in [5.74, 6) is 0.374. The van der Waals surface area contributed by atoms with Crippen LogP contribution >= 0.6 is 0 Å². The molecule has 0 bridgehead atoms. The van der Waals surface area contributed by atoms with Crippen LogP contribution in [0.2, 0.25) is 0 Å². The quantitative estimate of drug-likeness (QED) is 0.799. The van der Waals surface area contributed by atoms with Gasteiger partial charge in [-0.15, -0.1) is 0 Å². The lowest BCUT2D eigenvalue weighted by molar-refractivity contribution is -0.137. The minimum absolute atomic E-state index is 0.0188. The van der Waals surface area contributed by atoms with Crippen LogP contribution in [0.5, 0.6) is 5.75 Å². The molecule has 2 fully saturated rings. The van der Waals surface area contributed by atoms with E-state index in [1.165, 1.54) is 0 Å². The average Bonchev–Trinajstić information content (AvgIpc) is 3.10. The van der Waals surface area contributed by atoms with Crippen molar-refractivity contribution in [1.82, 2.24) is 15.1 Å². The molecule has 164 valence electrons. The second-order valence-electron chi connectivity index (χ2n) is 9.35. The third-order valence-corrected chi connectivity index (χ3v) is 5.85. The third kappa shape index (κ3) is 5.52. The van der Waals surface area contributed by atoms with Crippen molar-refractivity contribution in [2.75, 3.05) is 26.2 Å². The van der Waals surface area contributed by atoms with E-state index in [-0.39, 0.29) is 41.8 Å². The lowest BCUT2D eigenvalue weighted by Crippen LogP contribution is -2.49. The van der Waals surface area contributed by atoms with Crippen molar-refractivity contribution in [1.29, 1.82) is 0 Å². The fourth-order valence-electron chi connectivity index (χ4n) is 4.08. The van der Waals surface area contributed by atoms with Gasteiger partial charge in [0.2, 0.25) is 11.8 Å². The fraction of sp³-hybridized carbons (Fsp3) is 0.609. The molecule has 0 aliphatic carbocycles. The van der Waals surface area contributed by atoms with Gasteiger partial charge in [0.25, 0.3) is 5.91 Å². The molecule has 2 heterocycles. The van der Waals surface area contributed by atoms with Crippen molar-refractivity contribution in [2.45, 2.75) is 58.5 Å². The van der Waals surface area contributed by atoms with Gasteiger partial charge in [-0.3, -0.25) is 14.4 Å². The van der Waals surface area contributed by atoms with Crippen LogP contribution in [0.25, 0.3) is 0 Å². The average molecular weight is 416 g/mol. The second-order valence-corrected chi connectivity index (χ2v) is 9.35. The Balaban J connectivity index is 1.41. The van der Waals surface area contributed by atoms with Crippen LogP contribution in [0, 0.1) is 12.8 Å². The smallest absolute Gasteiger partial charge is 0.258 e. The van der Waals surface area contributed by atoms with Gasteiger partial charge in [0, 0.05) is 37.6 Å². The molecule has 1 unspecified atom stereocenters. The van der Waals surface area contributed by atoms with Gasteiger partial charge < -0.3 is 19.9 Å². The van der Waals surface area contributed by atoms with Crippen LogP contribution in [0.1, 0.15) is 45.6 Å². The van der Waals surface area contributed by atoms with E-state index in [1.807, 2.05) is 56.9 Å². The van der Waals surface area contributed by atoms with Gasteiger partial charge in [0.15, 0.2) is 6.61 Å². The zero-order valence-electron chi connectivity index (χ0n) is 18.4. The molecule has 1 aromatic carbocycles. The lowest BCUT2D eigenvalue weighted by Gasteiger charge is -2.35. The Bertz CT molecular complexity index is 777. The number of carbonyl (C=O) groups excluding carboxylic acids is 3. The van der Waals surface area contributed by atoms with Crippen LogP contribution in [-0.4, -0.2) is 65.3 Å². The summed E-state index contributed by atoms with van der Waals surface area (Å²) in [6.07, 6.45) is 1.72. The van der Waals surface area contributed by atoms with Crippen molar-refractivity contribution in [2.24, 2.45) is 5.92 Å². The van der Waals surface area contributed by atoms with E-state index >= 15 is 0 Å². The summed E-state index contributed by atoms with van der Waals surface area (Å²) in [5, 5.41) is 3.00. The summed E-state index contributed by atoms with van der Waals surface area (Å²) in [5.41, 5.74) is 0.880. The largest absolute Gasteiger partial charge is 0.484 e. The summed E-state index contributed by atoms with van der Waals surface area (Å²) in [6.45, 7) is 9.66. The summed E-state index contributed by atoms with van der Waals surface area (Å²) >= 11 is 0. The van der Waals surface area contributed by atoms with E-state index in [0.717, 1.165) is 5.56 Å². The summed E-state index contributed by atoms with van der Waals surface area (Å²) < 4.78 is 5.53. The number of hydrogen-bond acceptors (Lipinski definition) is 4. The summed E-state index contributed by atoms with van der Waals surface area (Å²) in [4.78, 5) is 41.0. The molecule has 0 spiro atoms. The van der Waals surface area contributed by atoms with E-state index in [0.29, 0.717) is 44.6 Å². The van der Waals surface area contributed by atoms with Crippen molar-refractivity contribution in [3.8, 4) is 5.75 Å². The van der Waals surface area contributed by atoms with Gasteiger partial charge in [-0.2, -0.15) is 0 Å². The van der Waals surface area contributed by atoms with Gasteiger partial charge in [-0.1, -0.05) is 17.7 Å². The first kappa shape index (κ1) is 22.1. The predicted molar refractivity (Wildman–Crippen MR) is 114 cm³/mol. The standard InChI is InChI=1S/C23H33N3O4/c1-16-5-7-19(8-6-16)30-15-20(27)24-18-9-11-25(12-10-18)22(29)17-13-21(28)26(14-17)23(2,3)4/h5-8,17-18H,9-15H2,1-4H3,(H,24,27). The number of carbonyl (C=O) groups is 3. The predicted octanol–water partition coefficient (Wildman–Crippen LogP) is 2.13. The SMILES string of the molecule is Cc1ccc(OCC(=O)NC2CCN(C(=O)C3CC(=O)N(C(C)(C)C)C3)CC2)cc1. The van der Waals surface area contributed by atoms with Crippen LogP contribution in [0.3, 0.4) is 0 Å². The maximum Gasteiger partial charge on any atom is 0.258 e. The first-order chi connectivity index (χ1) is 14.1. The van der Waals surface area contributed by atoms with Crippen molar-refractivity contribution in [3.63, 3.8) is 0 Å². The van der Waals surface area contributed by atoms with E-state index in [9.17, 15) is 14.4 Å². The van der Waals surface area contributed by atoms with Crippen molar-refractivity contribution in [3.05, 3.63) is 29.8 Å². The van der Waals surface area contributed by atoms with Gasteiger partial charge in [0.05, 0.1) is 5.92 Å². The molecule has 7 nitrogen and oxygen atoms in total. The number of piperidine rings is 1. The van der Waals surface area contributed by atoms with Gasteiger partial charge in [-0.25, -0.2) is 0 Å².